The van der Waals surface area contributed by atoms with Crippen molar-refractivity contribution in [1.82, 2.24) is 0 Å². The van der Waals surface area contributed by atoms with Gasteiger partial charge in [-0.3, -0.25) is 4.79 Å². The number of hydrogen-bond acceptors (Lipinski definition) is 2. The topological polar surface area (TPSA) is 30.2 Å². The third-order valence-electron chi connectivity index (χ3n) is 4.37. The molecule has 1 atom stereocenters. The van der Waals surface area contributed by atoms with E-state index >= 15 is 0 Å². The van der Waals surface area contributed by atoms with Crippen LogP contribution in [0.3, 0.4) is 0 Å². The van der Waals surface area contributed by atoms with E-state index < -0.39 is 0 Å². The maximum Gasteiger partial charge on any atom is 0.193 e. The molecule has 0 aromatic carbocycles. The Morgan fingerprint density at radius 2 is 2.12 bits per heavy atom. The molecule has 0 N–H and O–H groups in total. The molecule has 0 unspecified atom stereocenters. The number of Topliss-reactive ketones (excluding diaryl/α,β-unsaturated/α-hetero) is 1. The van der Waals surface area contributed by atoms with E-state index in [9.17, 15) is 4.79 Å². The van der Waals surface area contributed by atoms with Crippen LogP contribution < -0.4 is 0 Å². The van der Waals surface area contributed by atoms with Crippen LogP contribution in [-0.4, -0.2) is 5.78 Å². The van der Waals surface area contributed by atoms with Crippen LogP contribution in [0, 0.1) is 12.3 Å². The number of furan rings is 1. The second kappa shape index (κ2) is 3.34. The van der Waals surface area contributed by atoms with E-state index in [0.29, 0.717) is 0 Å². The summed E-state index contributed by atoms with van der Waals surface area (Å²) in [5.41, 5.74) is 4.18. The number of aryl methyl sites for hydroxylation is 1. The molecule has 0 fully saturated rings. The van der Waals surface area contributed by atoms with Crippen molar-refractivity contribution in [3.05, 3.63) is 34.3 Å². The molecule has 0 saturated heterocycles. The molecule has 0 radical (unpaired) electrons. The summed E-state index contributed by atoms with van der Waals surface area (Å²) < 4.78 is 5.56. The first-order valence-corrected chi connectivity index (χ1v) is 6.35. The second-order valence-electron chi connectivity index (χ2n) is 5.79. The number of fused-ring (bicyclic) bond motifs is 2. The number of hydrogen-bond donors (Lipinski definition) is 0. The fourth-order valence-electron chi connectivity index (χ4n) is 3.57. The molecule has 2 aliphatic rings. The van der Waals surface area contributed by atoms with Crippen LogP contribution in [0.4, 0.5) is 0 Å². The summed E-state index contributed by atoms with van der Waals surface area (Å²) in [6.07, 6.45) is 5.97. The Labute approximate surface area is 102 Å². The summed E-state index contributed by atoms with van der Waals surface area (Å²) in [6, 6.07) is 0. The van der Waals surface area contributed by atoms with E-state index in [2.05, 4.69) is 13.8 Å². The Kier molecular flexibility index (Phi) is 2.13. The number of allylic oxidation sites excluding steroid dienone is 2. The number of carbonyl (C=O) groups excluding carboxylic acids is 1. The zero-order valence-corrected chi connectivity index (χ0v) is 10.7. The van der Waals surface area contributed by atoms with Gasteiger partial charge in [0.2, 0.25) is 0 Å². The van der Waals surface area contributed by atoms with Crippen molar-refractivity contribution in [3.8, 4) is 0 Å². The average molecular weight is 230 g/mol. The van der Waals surface area contributed by atoms with Crippen LogP contribution in [0.15, 0.2) is 21.8 Å². The van der Waals surface area contributed by atoms with Gasteiger partial charge in [0.1, 0.15) is 5.76 Å². The Balaban J connectivity index is 2.24. The largest absolute Gasteiger partial charge is 0.468 e. The van der Waals surface area contributed by atoms with Crippen molar-refractivity contribution >= 4 is 5.78 Å². The Bertz CT molecular complexity index is 533. The van der Waals surface area contributed by atoms with Gasteiger partial charge in [-0.2, -0.15) is 0 Å². The van der Waals surface area contributed by atoms with Gasteiger partial charge in [-0.05, 0) is 38.7 Å². The molecule has 0 amide bonds. The van der Waals surface area contributed by atoms with Gasteiger partial charge < -0.3 is 4.42 Å². The van der Waals surface area contributed by atoms with Crippen LogP contribution in [0.2, 0.25) is 0 Å². The third-order valence-corrected chi connectivity index (χ3v) is 4.37. The van der Waals surface area contributed by atoms with Gasteiger partial charge in [0.05, 0.1) is 11.8 Å². The molecule has 90 valence electrons. The van der Waals surface area contributed by atoms with Gasteiger partial charge in [0, 0.05) is 17.4 Å². The number of carbonyl (C=O) groups is 1. The first-order valence-electron chi connectivity index (χ1n) is 6.35. The predicted octanol–water partition coefficient (Wildman–Crippen LogP) is 3.83. The van der Waals surface area contributed by atoms with Crippen molar-refractivity contribution in [2.45, 2.75) is 46.5 Å². The van der Waals surface area contributed by atoms with E-state index in [-0.39, 0.29) is 11.2 Å². The summed E-state index contributed by atoms with van der Waals surface area (Å²) in [6.45, 7) is 6.29. The van der Waals surface area contributed by atoms with Gasteiger partial charge in [0.15, 0.2) is 5.78 Å². The lowest BCUT2D eigenvalue weighted by Crippen LogP contribution is -2.35. The highest BCUT2D eigenvalue weighted by atomic mass is 16.3. The first kappa shape index (κ1) is 10.8. The van der Waals surface area contributed by atoms with Gasteiger partial charge in [0.25, 0.3) is 0 Å². The minimum absolute atomic E-state index is 0.0106. The van der Waals surface area contributed by atoms with Crippen molar-refractivity contribution < 1.29 is 9.21 Å². The highest BCUT2D eigenvalue weighted by Gasteiger charge is 2.44. The van der Waals surface area contributed by atoms with Crippen LogP contribution in [0.25, 0.3) is 0 Å². The quantitative estimate of drug-likeness (QED) is 0.678. The Hall–Kier alpha value is -1.31. The van der Waals surface area contributed by atoms with Crippen molar-refractivity contribution in [1.29, 1.82) is 0 Å². The Morgan fingerprint density at radius 1 is 1.35 bits per heavy atom. The van der Waals surface area contributed by atoms with Gasteiger partial charge in [-0.15, -0.1) is 0 Å². The zero-order chi connectivity index (χ0) is 12.2. The second-order valence-corrected chi connectivity index (χ2v) is 5.79. The third kappa shape index (κ3) is 1.36. The smallest absolute Gasteiger partial charge is 0.193 e. The van der Waals surface area contributed by atoms with Gasteiger partial charge >= 0.3 is 0 Å². The van der Waals surface area contributed by atoms with E-state index in [0.717, 1.165) is 41.7 Å². The maximum absolute atomic E-state index is 12.6. The van der Waals surface area contributed by atoms with E-state index in [1.807, 2.05) is 6.92 Å². The molecule has 1 aromatic rings. The van der Waals surface area contributed by atoms with Crippen LogP contribution in [0.1, 0.15) is 54.8 Å². The van der Waals surface area contributed by atoms with Crippen LogP contribution in [0.5, 0.6) is 0 Å². The average Bonchev–Trinajstić information content (AvgIpc) is 2.59. The SMILES string of the molecule is CC1=C2C(=O)c3c(C)coc3C[C@@]2(C)CCC1. The molecular weight excluding hydrogens is 212 g/mol. The molecule has 0 spiro atoms. The molecule has 2 nitrogen and oxygen atoms in total. The summed E-state index contributed by atoms with van der Waals surface area (Å²) >= 11 is 0. The lowest BCUT2D eigenvalue weighted by Gasteiger charge is -2.39. The summed E-state index contributed by atoms with van der Waals surface area (Å²) in [7, 11) is 0. The van der Waals surface area contributed by atoms with E-state index in [4.69, 9.17) is 4.42 Å². The standard InChI is InChI=1S/C15H18O2/c1-9-5-4-6-15(3)7-11-12(10(2)8-17-11)14(16)13(9)15/h8H,4-7H2,1-3H3/t15-/m1/s1. The lowest BCUT2D eigenvalue weighted by atomic mass is 9.63. The summed E-state index contributed by atoms with van der Waals surface area (Å²) in [4.78, 5) is 12.6. The number of rotatable bonds is 0. The van der Waals surface area contributed by atoms with E-state index in [1.165, 1.54) is 12.0 Å². The van der Waals surface area contributed by atoms with E-state index in [1.54, 1.807) is 6.26 Å². The molecule has 0 aliphatic heterocycles. The van der Waals surface area contributed by atoms with Crippen molar-refractivity contribution in [3.63, 3.8) is 0 Å². The van der Waals surface area contributed by atoms with Gasteiger partial charge in [-0.1, -0.05) is 12.5 Å². The summed E-state index contributed by atoms with van der Waals surface area (Å²) in [5.74, 6) is 1.12. The molecule has 2 aliphatic carbocycles. The van der Waals surface area contributed by atoms with Gasteiger partial charge in [-0.25, -0.2) is 0 Å². The molecule has 0 saturated carbocycles. The zero-order valence-electron chi connectivity index (χ0n) is 10.7. The normalized spacial score (nSPS) is 28.1. The predicted molar refractivity (Wildman–Crippen MR) is 66.1 cm³/mol. The molecule has 17 heavy (non-hydrogen) atoms. The highest BCUT2D eigenvalue weighted by molar-refractivity contribution is 6.12. The number of ketones is 1. The molecule has 0 bridgehead atoms. The minimum atomic E-state index is 0.0106. The first-order chi connectivity index (χ1) is 8.03. The molecule has 2 heteroatoms. The molecular formula is C15H18O2. The fourth-order valence-corrected chi connectivity index (χ4v) is 3.57. The maximum atomic E-state index is 12.6. The highest BCUT2D eigenvalue weighted by Crippen LogP contribution is 2.48. The fraction of sp³-hybridized carbons (Fsp3) is 0.533. The Morgan fingerprint density at radius 3 is 2.88 bits per heavy atom. The molecule has 1 heterocycles. The monoisotopic (exact) mass is 230 g/mol. The van der Waals surface area contributed by atoms with Crippen LogP contribution in [-0.2, 0) is 6.42 Å². The van der Waals surface area contributed by atoms with Crippen LogP contribution >= 0.6 is 0 Å². The summed E-state index contributed by atoms with van der Waals surface area (Å²) in [5, 5.41) is 0. The molecule has 3 rings (SSSR count). The van der Waals surface area contributed by atoms with Crippen molar-refractivity contribution in [2.75, 3.05) is 0 Å². The minimum Gasteiger partial charge on any atom is -0.468 e. The van der Waals surface area contributed by atoms with Crippen molar-refractivity contribution in [2.24, 2.45) is 5.41 Å². The lowest BCUT2D eigenvalue weighted by molar-refractivity contribution is 0.0970. The molecule has 1 aromatic heterocycles.